The van der Waals surface area contributed by atoms with Crippen LogP contribution in [0.2, 0.25) is 0 Å². The number of nitrogens with two attached hydrogens (primary N) is 1. The van der Waals surface area contributed by atoms with Gasteiger partial charge in [-0.25, -0.2) is 4.39 Å². The molecule has 0 saturated heterocycles. The normalized spacial score (nSPS) is 11.3. The molecule has 0 amide bonds. The lowest BCUT2D eigenvalue weighted by Crippen LogP contribution is -1.99. The molecule has 1 aromatic carbocycles. The standard InChI is InChI=1S/C13H15FN2/c1-7(2)11-6-10(15)13-8(3)4-9(14)5-12(13)16-11/h4-7H,1-3H3,(H2,15,16). The van der Waals surface area contributed by atoms with Crippen LogP contribution in [0.5, 0.6) is 0 Å². The number of hydrogen-bond donors (Lipinski definition) is 1. The van der Waals surface area contributed by atoms with Crippen molar-refractivity contribution in [1.29, 1.82) is 0 Å². The van der Waals surface area contributed by atoms with E-state index < -0.39 is 0 Å². The lowest BCUT2D eigenvalue weighted by atomic mass is 10.0. The van der Waals surface area contributed by atoms with Gasteiger partial charge in [-0.3, -0.25) is 4.98 Å². The van der Waals surface area contributed by atoms with Crippen LogP contribution in [-0.2, 0) is 0 Å². The van der Waals surface area contributed by atoms with Crippen LogP contribution in [0.1, 0.15) is 31.0 Å². The van der Waals surface area contributed by atoms with Crippen molar-refractivity contribution in [1.82, 2.24) is 4.98 Å². The van der Waals surface area contributed by atoms with Gasteiger partial charge in [0.1, 0.15) is 5.82 Å². The van der Waals surface area contributed by atoms with E-state index in [-0.39, 0.29) is 11.7 Å². The topological polar surface area (TPSA) is 38.9 Å². The summed E-state index contributed by atoms with van der Waals surface area (Å²) in [5.41, 5.74) is 9.02. The molecule has 0 fully saturated rings. The molecule has 0 spiro atoms. The fourth-order valence-electron chi connectivity index (χ4n) is 1.89. The van der Waals surface area contributed by atoms with Crippen LogP contribution in [0.25, 0.3) is 10.9 Å². The highest BCUT2D eigenvalue weighted by Crippen LogP contribution is 2.27. The van der Waals surface area contributed by atoms with E-state index in [1.165, 1.54) is 12.1 Å². The molecule has 0 radical (unpaired) electrons. The third kappa shape index (κ3) is 1.73. The highest BCUT2D eigenvalue weighted by atomic mass is 19.1. The first-order chi connectivity index (χ1) is 7.49. The predicted molar refractivity (Wildman–Crippen MR) is 64.9 cm³/mol. The van der Waals surface area contributed by atoms with Crippen LogP contribution >= 0.6 is 0 Å². The lowest BCUT2D eigenvalue weighted by Gasteiger charge is -2.10. The molecule has 3 heteroatoms. The van der Waals surface area contributed by atoms with Gasteiger partial charge >= 0.3 is 0 Å². The number of rotatable bonds is 1. The number of fused-ring (bicyclic) bond motifs is 1. The van der Waals surface area contributed by atoms with Gasteiger partial charge in [-0.15, -0.1) is 0 Å². The van der Waals surface area contributed by atoms with E-state index in [2.05, 4.69) is 4.98 Å². The third-order valence-electron chi connectivity index (χ3n) is 2.71. The largest absolute Gasteiger partial charge is 0.398 e. The van der Waals surface area contributed by atoms with Crippen molar-refractivity contribution >= 4 is 16.6 Å². The van der Waals surface area contributed by atoms with Crippen molar-refractivity contribution in [2.45, 2.75) is 26.7 Å². The highest BCUT2D eigenvalue weighted by molar-refractivity contribution is 5.93. The molecule has 0 aliphatic heterocycles. The molecule has 84 valence electrons. The number of pyridine rings is 1. The van der Waals surface area contributed by atoms with Crippen molar-refractivity contribution in [2.24, 2.45) is 0 Å². The van der Waals surface area contributed by atoms with Crippen molar-refractivity contribution in [3.05, 3.63) is 35.3 Å². The van der Waals surface area contributed by atoms with Crippen molar-refractivity contribution in [3.8, 4) is 0 Å². The zero-order valence-electron chi connectivity index (χ0n) is 9.71. The first-order valence-corrected chi connectivity index (χ1v) is 5.35. The van der Waals surface area contributed by atoms with Crippen LogP contribution < -0.4 is 5.73 Å². The number of anilines is 1. The van der Waals surface area contributed by atoms with Gasteiger partial charge in [-0.2, -0.15) is 0 Å². The Bertz CT molecular complexity index is 547. The van der Waals surface area contributed by atoms with Gasteiger partial charge in [-0.1, -0.05) is 13.8 Å². The Morgan fingerprint density at radius 1 is 1.25 bits per heavy atom. The maximum Gasteiger partial charge on any atom is 0.125 e. The van der Waals surface area contributed by atoms with Gasteiger partial charge in [-0.05, 0) is 30.5 Å². The molecule has 0 saturated carbocycles. The Hall–Kier alpha value is -1.64. The SMILES string of the molecule is Cc1cc(F)cc2nc(C(C)C)cc(N)c12. The number of benzene rings is 1. The molecule has 2 rings (SSSR count). The summed E-state index contributed by atoms with van der Waals surface area (Å²) in [6.07, 6.45) is 0. The molecule has 0 aliphatic carbocycles. The van der Waals surface area contributed by atoms with Crippen LogP contribution in [0.4, 0.5) is 10.1 Å². The maximum absolute atomic E-state index is 13.3. The average Bonchev–Trinajstić information content (AvgIpc) is 2.15. The van der Waals surface area contributed by atoms with E-state index in [9.17, 15) is 4.39 Å². The minimum atomic E-state index is -0.266. The van der Waals surface area contributed by atoms with E-state index in [1.54, 1.807) is 0 Å². The van der Waals surface area contributed by atoms with Gasteiger partial charge in [0.25, 0.3) is 0 Å². The van der Waals surface area contributed by atoms with Gasteiger partial charge in [0.15, 0.2) is 0 Å². The molecule has 1 aromatic heterocycles. The summed E-state index contributed by atoms with van der Waals surface area (Å²) >= 11 is 0. The van der Waals surface area contributed by atoms with Gasteiger partial charge < -0.3 is 5.73 Å². The number of aromatic nitrogens is 1. The number of hydrogen-bond acceptors (Lipinski definition) is 2. The molecule has 1 heterocycles. The minimum Gasteiger partial charge on any atom is -0.398 e. The van der Waals surface area contributed by atoms with Gasteiger partial charge in [0, 0.05) is 22.8 Å². The lowest BCUT2D eigenvalue weighted by molar-refractivity contribution is 0.628. The average molecular weight is 218 g/mol. The zero-order chi connectivity index (χ0) is 11.9. The summed E-state index contributed by atoms with van der Waals surface area (Å²) in [5.74, 6) is 0.0214. The molecule has 2 aromatic rings. The molecular formula is C13H15FN2. The number of halogens is 1. The number of nitrogens with zero attached hydrogens (tertiary/aromatic N) is 1. The summed E-state index contributed by atoms with van der Waals surface area (Å²) in [6.45, 7) is 5.93. The molecule has 0 unspecified atom stereocenters. The molecule has 2 N–H and O–H groups in total. The van der Waals surface area contributed by atoms with E-state index in [1.807, 2.05) is 26.8 Å². The summed E-state index contributed by atoms with van der Waals surface area (Å²) in [6, 6.07) is 4.79. The summed E-state index contributed by atoms with van der Waals surface area (Å²) < 4.78 is 13.3. The number of nitrogen functional groups attached to an aromatic ring is 1. The van der Waals surface area contributed by atoms with E-state index >= 15 is 0 Å². The Kier molecular flexibility index (Phi) is 2.54. The first-order valence-electron chi connectivity index (χ1n) is 5.35. The molecule has 2 nitrogen and oxygen atoms in total. The fourth-order valence-corrected chi connectivity index (χ4v) is 1.89. The second kappa shape index (κ2) is 3.74. The van der Waals surface area contributed by atoms with Crippen LogP contribution in [0.15, 0.2) is 18.2 Å². The van der Waals surface area contributed by atoms with Crippen LogP contribution in [0.3, 0.4) is 0 Å². The van der Waals surface area contributed by atoms with Crippen LogP contribution in [-0.4, -0.2) is 4.98 Å². The zero-order valence-corrected chi connectivity index (χ0v) is 9.71. The summed E-state index contributed by atoms with van der Waals surface area (Å²) in [5, 5.41) is 0.853. The predicted octanol–water partition coefficient (Wildman–Crippen LogP) is 3.39. The van der Waals surface area contributed by atoms with Gasteiger partial charge in [0.05, 0.1) is 5.52 Å². The van der Waals surface area contributed by atoms with E-state index in [0.29, 0.717) is 11.2 Å². The Balaban J connectivity index is 2.81. The second-order valence-electron chi connectivity index (χ2n) is 4.41. The summed E-state index contributed by atoms with van der Waals surface area (Å²) in [4.78, 5) is 4.44. The van der Waals surface area contributed by atoms with Crippen molar-refractivity contribution in [3.63, 3.8) is 0 Å². The first kappa shape index (κ1) is 10.9. The number of aryl methyl sites for hydroxylation is 1. The van der Waals surface area contributed by atoms with Crippen molar-refractivity contribution < 1.29 is 4.39 Å². The summed E-state index contributed by atoms with van der Waals surface area (Å²) in [7, 11) is 0. The van der Waals surface area contributed by atoms with E-state index in [4.69, 9.17) is 5.73 Å². The molecule has 0 aliphatic rings. The minimum absolute atomic E-state index is 0.266. The molecule has 16 heavy (non-hydrogen) atoms. The van der Waals surface area contributed by atoms with Gasteiger partial charge in [0.2, 0.25) is 0 Å². The molecule has 0 bridgehead atoms. The Morgan fingerprint density at radius 3 is 2.56 bits per heavy atom. The fraction of sp³-hybridized carbons (Fsp3) is 0.308. The Morgan fingerprint density at radius 2 is 1.94 bits per heavy atom. The highest BCUT2D eigenvalue weighted by Gasteiger charge is 2.09. The molecule has 0 atom stereocenters. The van der Waals surface area contributed by atoms with Crippen molar-refractivity contribution in [2.75, 3.05) is 5.73 Å². The monoisotopic (exact) mass is 218 g/mol. The maximum atomic E-state index is 13.3. The second-order valence-corrected chi connectivity index (χ2v) is 4.41. The third-order valence-corrected chi connectivity index (χ3v) is 2.71. The molecular weight excluding hydrogens is 203 g/mol. The Labute approximate surface area is 94.3 Å². The van der Waals surface area contributed by atoms with E-state index in [0.717, 1.165) is 16.6 Å². The van der Waals surface area contributed by atoms with Crippen LogP contribution in [0, 0.1) is 12.7 Å². The smallest absolute Gasteiger partial charge is 0.125 e. The quantitative estimate of drug-likeness (QED) is 0.796.